The van der Waals surface area contributed by atoms with Crippen molar-refractivity contribution in [3.8, 4) is 5.75 Å². The largest absolute Gasteiger partial charge is 0.494 e. The lowest BCUT2D eigenvalue weighted by atomic mass is 9.75. The molecule has 1 heterocycles. The van der Waals surface area contributed by atoms with Crippen molar-refractivity contribution in [1.82, 2.24) is 4.90 Å². The topological polar surface area (TPSA) is 52.9 Å². The summed E-state index contributed by atoms with van der Waals surface area (Å²) in [4.78, 5) is 2.36. The maximum atomic E-state index is 13.2. The van der Waals surface area contributed by atoms with Crippen molar-refractivity contribution < 1.29 is 19.3 Å². The van der Waals surface area contributed by atoms with Gasteiger partial charge in [-0.05, 0) is 68.1 Å². The number of aliphatic hydroxyl groups excluding tert-OH is 2. The van der Waals surface area contributed by atoms with Crippen molar-refractivity contribution in [2.75, 3.05) is 26.3 Å². The molecule has 3 rings (SSSR count). The second-order valence-corrected chi connectivity index (χ2v) is 7.81. The van der Waals surface area contributed by atoms with Crippen LogP contribution in [0.2, 0.25) is 0 Å². The fourth-order valence-corrected chi connectivity index (χ4v) is 4.22. The molecule has 28 heavy (non-hydrogen) atoms. The molecule has 2 N–H and O–H groups in total. The van der Waals surface area contributed by atoms with Crippen molar-refractivity contribution in [2.45, 2.75) is 39.3 Å². The van der Waals surface area contributed by atoms with E-state index in [0.717, 1.165) is 61.3 Å². The van der Waals surface area contributed by atoms with Gasteiger partial charge in [-0.15, -0.1) is 0 Å². The Bertz CT molecular complexity index is 765. The molecule has 1 atom stereocenters. The van der Waals surface area contributed by atoms with Crippen LogP contribution in [0.25, 0.3) is 0 Å². The highest BCUT2D eigenvalue weighted by atomic mass is 19.1. The summed E-state index contributed by atoms with van der Waals surface area (Å²) in [6, 6.07) is 12.6. The Morgan fingerprint density at radius 1 is 1.11 bits per heavy atom. The van der Waals surface area contributed by atoms with Gasteiger partial charge >= 0.3 is 0 Å². The van der Waals surface area contributed by atoms with Gasteiger partial charge in [-0.1, -0.05) is 18.2 Å². The highest BCUT2D eigenvalue weighted by molar-refractivity contribution is 5.37. The minimum atomic E-state index is -0.234. The van der Waals surface area contributed by atoms with E-state index in [1.54, 1.807) is 0 Å². The predicted molar refractivity (Wildman–Crippen MR) is 108 cm³/mol. The fraction of sp³-hybridized carbons (Fsp3) is 0.478. The average Bonchev–Trinajstić information content (AvgIpc) is 2.71. The minimum Gasteiger partial charge on any atom is -0.494 e. The maximum Gasteiger partial charge on any atom is 0.124 e. The lowest BCUT2D eigenvalue weighted by Gasteiger charge is -2.42. The van der Waals surface area contributed by atoms with Crippen LogP contribution in [0, 0.1) is 11.2 Å². The van der Waals surface area contributed by atoms with E-state index in [1.165, 1.54) is 12.1 Å². The molecule has 152 valence electrons. The Balaban J connectivity index is 1.70. The maximum absolute atomic E-state index is 13.2. The van der Waals surface area contributed by atoms with Gasteiger partial charge in [0, 0.05) is 24.1 Å². The Labute approximate surface area is 166 Å². The van der Waals surface area contributed by atoms with E-state index in [0.29, 0.717) is 6.61 Å². The summed E-state index contributed by atoms with van der Waals surface area (Å²) in [6.45, 7) is 5.11. The molecular formula is C23H30FNO3. The number of nitrogens with zero attached hydrogens (tertiary/aromatic N) is 1. The summed E-state index contributed by atoms with van der Waals surface area (Å²) in [6.07, 6.45) is 2.72. The van der Waals surface area contributed by atoms with Crippen LogP contribution in [0.15, 0.2) is 42.5 Å². The monoisotopic (exact) mass is 387 g/mol. The van der Waals surface area contributed by atoms with Gasteiger partial charge in [0.25, 0.3) is 0 Å². The van der Waals surface area contributed by atoms with E-state index < -0.39 is 0 Å². The first-order valence-corrected chi connectivity index (χ1v) is 10.0. The van der Waals surface area contributed by atoms with Gasteiger partial charge in [-0.2, -0.15) is 0 Å². The molecular weight excluding hydrogens is 357 g/mol. The Hall–Kier alpha value is -1.95. The number of ether oxygens (including phenoxy) is 1. The first kappa shape index (κ1) is 20.8. The number of hydrogen-bond donors (Lipinski definition) is 2. The summed E-state index contributed by atoms with van der Waals surface area (Å²) in [5.41, 5.74) is 2.78. The fourth-order valence-electron chi connectivity index (χ4n) is 4.22. The molecule has 5 heteroatoms. The molecule has 1 fully saturated rings. The van der Waals surface area contributed by atoms with Crippen molar-refractivity contribution in [2.24, 2.45) is 5.41 Å². The van der Waals surface area contributed by atoms with Gasteiger partial charge in [0.1, 0.15) is 11.6 Å². The number of benzene rings is 2. The summed E-state index contributed by atoms with van der Waals surface area (Å²) in [5, 5.41) is 19.8. The third-order valence-corrected chi connectivity index (χ3v) is 5.57. The van der Waals surface area contributed by atoms with Gasteiger partial charge in [0.05, 0.1) is 19.8 Å². The Kier molecular flexibility index (Phi) is 7.05. The molecule has 0 aliphatic carbocycles. The van der Waals surface area contributed by atoms with Crippen molar-refractivity contribution in [1.29, 1.82) is 0 Å². The van der Waals surface area contributed by atoms with E-state index in [9.17, 15) is 14.6 Å². The molecule has 0 aromatic heterocycles. The van der Waals surface area contributed by atoms with Gasteiger partial charge in [-0.3, -0.25) is 4.90 Å². The van der Waals surface area contributed by atoms with E-state index >= 15 is 0 Å². The molecule has 2 aromatic carbocycles. The van der Waals surface area contributed by atoms with Crippen LogP contribution < -0.4 is 4.74 Å². The number of aliphatic hydroxyl groups is 2. The van der Waals surface area contributed by atoms with E-state index in [4.69, 9.17) is 4.74 Å². The van der Waals surface area contributed by atoms with Crippen molar-refractivity contribution >= 4 is 0 Å². The third kappa shape index (κ3) is 5.10. The smallest absolute Gasteiger partial charge is 0.124 e. The van der Waals surface area contributed by atoms with Gasteiger partial charge in [-0.25, -0.2) is 4.39 Å². The van der Waals surface area contributed by atoms with Gasteiger partial charge in [0.15, 0.2) is 0 Å². The number of piperidine rings is 1. The molecule has 0 unspecified atom stereocenters. The van der Waals surface area contributed by atoms with Crippen LogP contribution in [0.4, 0.5) is 4.39 Å². The summed E-state index contributed by atoms with van der Waals surface area (Å²) >= 11 is 0. The molecule has 1 aliphatic heterocycles. The number of rotatable bonds is 8. The van der Waals surface area contributed by atoms with E-state index in [2.05, 4.69) is 4.90 Å². The predicted octanol–water partition coefficient (Wildman–Crippen LogP) is 3.53. The molecule has 0 bridgehead atoms. The number of likely N-dealkylation sites (tertiary alicyclic amines) is 1. The number of halogens is 1. The molecule has 2 aromatic rings. The first-order chi connectivity index (χ1) is 13.6. The molecule has 0 saturated carbocycles. The Morgan fingerprint density at radius 2 is 1.86 bits per heavy atom. The lowest BCUT2D eigenvalue weighted by molar-refractivity contribution is 0.0288. The average molecular weight is 387 g/mol. The molecule has 1 aliphatic rings. The molecule has 0 spiro atoms. The minimum absolute atomic E-state index is 0.0473. The number of hydrogen-bond acceptors (Lipinski definition) is 4. The zero-order valence-corrected chi connectivity index (χ0v) is 16.5. The zero-order chi connectivity index (χ0) is 20.0. The van der Waals surface area contributed by atoms with Crippen LogP contribution in [0.5, 0.6) is 5.75 Å². The third-order valence-electron chi connectivity index (χ3n) is 5.57. The first-order valence-electron chi connectivity index (χ1n) is 10.0. The van der Waals surface area contributed by atoms with Crippen LogP contribution in [-0.4, -0.2) is 41.4 Å². The molecule has 0 amide bonds. The highest BCUT2D eigenvalue weighted by Gasteiger charge is 2.35. The zero-order valence-electron chi connectivity index (χ0n) is 16.5. The quantitative estimate of drug-likeness (QED) is 0.728. The highest BCUT2D eigenvalue weighted by Crippen LogP contribution is 2.34. The van der Waals surface area contributed by atoms with Crippen molar-refractivity contribution in [3.05, 3.63) is 65.0 Å². The normalized spacial score (nSPS) is 20.3. The standard InChI is InChI=1S/C23H30FNO3/c1-2-28-22-9-6-19(12-20(22)15-26)14-25-11-3-10-23(16-25,17-27)13-18-4-7-21(24)8-5-18/h4-9,12,26-27H,2-3,10-11,13-17H2,1H3/t23-/m0/s1. The van der Waals surface area contributed by atoms with Crippen molar-refractivity contribution in [3.63, 3.8) is 0 Å². The van der Waals surface area contributed by atoms with E-state index in [-0.39, 0.29) is 24.4 Å². The molecule has 0 radical (unpaired) electrons. The van der Waals surface area contributed by atoms with Crippen LogP contribution in [0.1, 0.15) is 36.5 Å². The van der Waals surface area contributed by atoms with Crippen LogP contribution in [0.3, 0.4) is 0 Å². The van der Waals surface area contributed by atoms with Crippen LogP contribution >= 0.6 is 0 Å². The SMILES string of the molecule is CCOc1ccc(CN2CCC[C@](CO)(Cc3ccc(F)cc3)C2)cc1CO. The molecule has 1 saturated heterocycles. The Morgan fingerprint density at radius 3 is 2.54 bits per heavy atom. The summed E-state index contributed by atoms with van der Waals surface area (Å²) < 4.78 is 18.8. The van der Waals surface area contributed by atoms with Gasteiger partial charge < -0.3 is 14.9 Å². The molecule has 4 nitrogen and oxygen atoms in total. The van der Waals surface area contributed by atoms with Gasteiger partial charge in [0.2, 0.25) is 0 Å². The second-order valence-electron chi connectivity index (χ2n) is 7.81. The van der Waals surface area contributed by atoms with Crippen LogP contribution in [-0.2, 0) is 19.6 Å². The lowest BCUT2D eigenvalue weighted by Crippen LogP contribution is -2.46. The summed E-state index contributed by atoms with van der Waals surface area (Å²) in [7, 11) is 0. The second kappa shape index (κ2) is 9.50. The van der Waals surface area contributed by atoms with E-state index in [1.807, 2.05) is 37.3 Å². The summed E-state index contributed by atoms with van der Waals surface area (Å²) in [5.74, 6) is 0.496.